The molecule has 0 unspecified atom stereocenters. The second-order valence-electron chi connectivity index (χ2n) is 4.64. The minimum absolute atomic E-state index is 0.0559. The molecule has 1 rings (SSSR count). The molecule has 0 saturated heterocycles. The number of nitrogens with zero attached hydrogens (tertiary/aromatic N) is 3. The van der Waals surface area contributed by atoms with Crippen LogP contribution in [0, 0.1) is 5.41 Å². The van der Waals surface area contributed by atoms with Gasteiger partial charge in [0.1, 0.15) is 0 Å². The van der Waals surface area contributed by atoms with Crippen molar-refractivity contribution >= 4 is 17.5 Å². The number of rotatable bonds is 7. The predicted octanol–water partition coefficient (Wildman–Crippen LogP) is 1.74. The van der Waals surface area contributed by atoms with Gasteiger partial charge >= 0.3 is 6.01 Å². The van der Waals surface area contributed by atoms with Gasteiger partial charge in [-0.2, -0.15) is 15.0 Å². The summed E-state index contributed by atoms with van der Waals surface area (Å²) in [6.45, 7) is 7.17. The lowest BCUT2D eigenvalue weighted by atomic mass is 9.90. The Hall–Kier alpha value is -1.14. The van der Waals surface area contributed by atoms with Crippen molar-refractivity contribution in [1.29, 1.82) is 0 Å². The second-order valence-corrected chi connectivity index (χ2v) is 4.97. The number of aliphatic hydroxyl groups excluding tert-OH is 1. The Balaban J connectivity index is 2.66. The molecule has 7 heteroatoms. The van der Waals surface area contributed by atoms with Crippen LogP contribution in [0.5, 0.6) is 6.01 Å². The first-order valence-electron chi connectivity index (χ1n) is 5.86. The highest BCUT2D eigenvalue weighted by Gasteiger charge is 2.17. The lowest BCUT2D eigenvalue weighted by Crippen LogP contribution is -2.25. The van der Waals surface area contributed by atoms with Crippen LogP contribution in [-0.4, -0.2) is 39.8 Å². The third-order valence-electron chi connectivity index (χ3n) is 2.37. The lowest BCUT2D eigenvalue weighted by molar-refractivity contribution is 0.220. The molecule has 102 valence electrons. The van der Waals surface area contributed by atoms with Gasteiger partial charge in [-0.1, -0.05) is 13.8 Å². The molecule has 0 radical (unpaired) electrons. The number of aliphatic hydroxyl groups is 1. The molecule has 0 atom stereocenters. The van der Waals surface area contributed by atoms with Gasteiger partial charge in [0.15, 0.2) is 0 Å². The van der Waals surface area contributed by atoms with Crippen molar-refractivity contribution in [2.45, 2.75) is 27.2 Å². The second kappa shape index (κ2) is 6.70. The molecular weight excluding hydrogens is 256 g/mol. The zero-order valence-electron chi connectivity index (χ0n) is 10.9. The Morgan fingerprint density at radius 1 is 1.33 bits per heavy atom. The summed E-state index contributed by atoms with van der Waals surface area (Å²) >= 11 is 5.77. The fraction of sp³-hybridized carbons (Fsp3) is 0.727. The summed E-state index contributed by atoms with van der Waals surface area (Å²) in [5.74, 6) is 0.379. The molecule has 2 N–H and O–H groups in total. The first-order chi connectivity index (χ1) is 8.46. The molecule has 1 aromatic heterocycles. The SMILES string of the molecule is CCOc1nc(Cl)nc(NCC(C)(C)CCO)n1. The first kappa shape index (κ1) is 14.9. The largest absolute Gasteiger partial charge is 0.464 e. The van der Waals surface area contributed by atoms with E-state index in [1.165, 1.54) is 0 Å². The monoisotopic (exact) mass is 274 g/mol. The van der Waals surface area contributed by atoms with E-state index in [-0.39, 0.29) is 23.3 Å². The van der Waals surface area contributed by atoms with Gasteiger partial charge in [0.2, 0.25) is 11.2 Å². The molecular formula is C11H19ClN4O2. The van der Waals surface area contributed by atoms with Gasteiger partial charge in [-0.3, -0.25) is 0 Å². The number of hydrogen-bond acceptors (Lipinski definition) is 6. The van der Waals surface area contributed by atoms with Crippen molar-refractivity contribution in [2.75, 3.05) is 25.1 Å². The normalized spacial score (nSPS) is 11.4. The molecule has 0 bridgehead atoms. The van der Waals surface area contributed by atoms with E-state index in [9.17, 15) is 0 Å². The zero-order chi connectivity index (χ0) is 13.6. The standard InChI is InChI=1S/C11H19ClN4O2/c1-4-18-10-15-8(12)14-9(16-10)13-7-11(2,3)5-6-17/h17H,4-7H2,1-3H3,(H,13,14,15,16). The van der Waals surface area contributed by atoms with E-state index in [0.717, 1.165) is 0 Å². The van der Waals surface area contributed by atoms with Gasteiger partial charge in [-0.05, 0) is 30.4 Å². The Morgan fingerprint density at radius 2 is 2.06 bits per heavy atom. The Bertz CT molecular complexity index is 387. The predicted molar refractivity (Wildman–Crippen MR) is 70.0 cm³/mol. The number of nitrogens with one attached hydrogen (secondary N) is 1. The van der Waals surface area contributed by atoms with E-state index < -0.39 is 0 Å². The van der Waals surface area contributed by atoms with Crippen LogP contribution in [-0.2, 0) is 0 Å². The highest BCUT2D eigenvalue weighted by molar-refractivity contribution is 6.28. The molecule has 1 aromatic rings. The van der Waals surface area contributed by atoms with E-state index in [0.29, 0.717) is 25.5 Å². The van der Waals surface area contributed by atoms with Crippen LogP contribution in [0.4, 0.5) is 5.95 Å². The third kappa shape index (κ3) is 5.01. The summed E-state index contributed by atoms with van der Waals surface area (Å²) in [7, 11) is 0. The van der Waals surface area contributed by atoms with Gasteiger partial charge in [-0.25, -0.2) is 0 Å². The van der Waals surface area contributed by atoms with Crippen LogP contribution >= 0.6 is 11.6 Å². The van der Waals surface area contributed by atoms with E-state index in [2.05, 4.69) is 20.3 Å². The lowest BCUT2D eigenvalue weighted by Gasteiger charge is -2.23. The summed E-state index contributed by atoms with van der Waals surface area (Å²) in [6, 6.07) is 0.208. The van der Waals surface area contributed by atoms with Crippen molar-refractivity contribution in [3.05, 3.63) is 5.28 Å². The van der Waals surface area contributed by atoms with Crippen LogP contribution in [0.3, 0.4) is 0 Å². The van der Waals surface area contributed by atoms with Crippen LogP contribution in [0.2, 0.25) is 5.28 Å². The Kier molecular flexibility index (Phi) is 5.55. The average molecular weight is 275 g/mol. The van der Waals surface area contributed by atoms with Crippen LogP contribution in [0.1, 0.15) is 27.2 Å². The molecule has 1 heterocycles. The maximum absolute atomic E-state index is 8.95. The fourth-order valence-corrected chi connectivity index (χ4v) is 1.47. The molecule has 18 heavy (non-hydrogen) atoms. The molecule has 0 saturated carbocycles. The minimum Gasteiger partial charge on any atom is -0.464 e. The quantitative estimate of drug-likeness (QED) is 0.788. The van der Waals surface area contributed by atoms with Crippen molar-refractivity contribution < 1.29 is 9.84 Å². The number of halogens is 1. The summed E-state index contributed by atoms with van der Waals surface area (Å²) < 4.78 is 5.18. The van der Waals surface area contributed by atoms with Crippen molar-refractivity contribution in [3.63, 3.8) is 0 Å². The third-order valence-corrected chi connectivity index (χ3v) is 2.54. The van der Waals surface area contributed by atoms with Crippen molar-refractivity contribution in [3.8, 4) is 6.01 Å². The molecule has 0 aliphatic rings. The van der Waals surface area contributed by atoms with Gasteiger partial charge in [0.05, 0.1) is 6.61 Å². The molecule has 0 aliphatic heterocycles. The van der Waals surface area contributed by atoms with Crippen molar-refractivity contribution in [2.24, 2.45) is 5.41 Å². The molecule has 0 aliphatic carbocycles. The van der Waals surface area contributed by atoms with Gasteiger partial charge < -0.3 is 15.2 Å². The topological polar surface area (TPSA) is 80.2 Å². The zero-order valence-corrected chi connectivity index (χ0v) is 11.7. The number of ether oxygens (including phenoxy) is 1. The Morgan fingerprint density at radius 3 is 2.67 bits per heavy atom. The van der Waals surface area contributed by atoms with Crippen molar-refractivity contribution in [1.82, 2.24) is 15.0 Å². The molecule has 0 aromatic carbocycles. The van der Waals surface area contributed by atoms with E-state index in [4.69, 9.17) is 21.4 Å². The smallest absolute Gasteiger partial charge is 0.322 e. The molecule has 6 nitrogen and oxygen atoms in total. The Labute approximate surface area is 112 Å². The number of hydrogen-bond donors (Lipinski definition) is 2. The minimum atomic E-state index is -0.0559. The highest BCUT2D eigenvalue weighted by atomic mass is 35.5. The van der Waals surface area contributed by atoms with Crippen LogP contribution in [0.25, 0.3) is 0 Å². The summed E-state index contributed by atoms with van der Waals surface area (Å²) in [6.07, 6.45) is 0.692. The first-order valence-corrected chi connectivity index (χ1v) is 6.24. The van der Waals surface area contributed by atoms with Crippen LogP contribution in [0.15, 0.2) is 0 Å². The van der Waals surface area contributed by atoms with Gasteiger partial charge in [-0.15, -0.1) is 0 Å². The van der Waals surface area contributed by atoms with Gasteiger partial charge in [0, 0.05) is 13.2 Å². The van der Waals surface area contributed by atoms with E-state index in [1.54, 1.807) is 0 Å². The molecule has 0 amide bonds. The number of aromatic nitrogens is 3. The average Bonchev–Trinajstić information content (AvgIpc) is 2.26. The summed E-state index contributed by atoms with van der Waals surface area (Å²) in [4.78, 5) is 11.9. The maximum atomic E-state index is 8.95. The van der Waals surface area contributed by atoms with E-state index >= 15 is 0 Å². The fourth-order valence-electron chi connectivity index (χ4n) is 1.31. The molecule has 0 spiro atoms. The van der Waals surface area contributed by atoms with Crippen LogP contribution < -0.4 is 10.1 Å². The molecule has 0 fully saturated rings. The van der Waals surface area contributed by atoms with E-state index in [1.807, 2.05) is 20.8 Å². The number of anilines is 1. The van der Waals surface area contributed by atoms with Gasteiger partial charge in [0.25, 0.3) is 0 Å². The maximum Gasteiger partial charge on any atom is 0.322 e. The highest BCUT2D eigenvalue weighted by Crippen LogP contribution is 2.20. The summed E-state index contributed by atoms with van der Waals surface area (Å²) in [5, 5.41) is 12.1. The summed E-state index contributed by atoms with van der Waals surface area (Å²) in [5.41, 5.74) is -0.0559.